The van der Waals surface area contributed by atoms with Crippen molar-refractivity contribution in [3.05, 3.63) is 65.4 Å². The summed E-state index contributed by atoms with van der Waals surface area (Å²) in [5, 5.41) is 3.67. The third kappa shape index (κ3) is 4.68. The Morgan fingerprint density at radius 3 is 2.37 bits per heavy atom. The van der Waals surface area contributed by atoms with Crippen LogP contribution in [0.1, 0.15) is 23.6 Å². The van der Waals surface area contributed by atoms with Crippen molar-refractivity contribution in [1.82, 2.24) is 4.98 Å². The number of halogens is 3. The summed E-state index contributed by atoms with van der Waals surface area (Å²) < 4.78 is 37.9. The maximum absolute atomic E-state index is 12.6. The Morgan fingerprint density at radius 2 is 1.74 bits per heavy atom. The van der Waals surface area contributed by atoms with Crippen LogP contribution in [0.4, 0.5) is 18.9 Å². The summed E-state index contributed by atoms with van der Waals surface area (Å²) in [6.45, 7) is 1.45. The van der Waals surface area contributed by atoms with Gasteiger partial charge in [0.25, 0.3) is 0 Å². The van der Waals surface area contributed by atoms with Crippen molar-refractivity contribution >= 4 is 22.5 Å². The van der Waals surface area contributed by atoms with Gasteiger partial charge in [-0.15, -0.1) is 0 Å². The number of aromatic amines is 1. The van der Waals surface area contributed by atoms with Crippen LogP contribution in [0.5, 0.6) is 0 Å². The van der Waals surface area contributed by atoms with Gasteiger partial charge < -0.3 is 16.0 Å². The molecule has 3 aromatic rings. The van der Waals surface area contributed by atoms with Gasteiger partial charge in [0.2, 0.25) is 5.91 Å². The van der Waals surface area contributed by atoms with Gasteiger partial charge in [0.15, 0.2) is 0 Å². The predicted octanol–water partition coefficient (Wildman–Crippen LogP) is 4.26. The molecule has 0 radical (unpaired) electrons. The van der Waals surface area contributed by atoms with Gasteiger partial charge in [0.1, 0.15) is 0 Å². The molecule has 1 atom stereocenters. The maximum Gasteiger partial charge on any atom is 0.416 e. The first kappa shape index (κ1) is 19.0. The molecule has 0 aliphatic rings. The monoisotopic (exact) mass is 375 g/mol. The van der Waals surface area contributed by atoms with Gasteiger partial charge in [-0.3, -0.25) is 4.79 Å². The van der Waals surface area contributed by atoms with Crippen molar-refractivity contribution in [3.63, 3.8) is 0 Å². The van der Waals surface area contributed by atoms with E-state index in [-0.39, 0.29) is 11.9 Å². The van der Waals surface area contributed by atoms with E-state index in [2.05, 4.69) is 10.3 Å². The van der Waals surface area contributed by atoms with Gasteiger partial charge in [-0.25, -0.2) is 0 Å². The molecule has 0 fully saturated rings. The zero-order valence-corrected chi connectivity index (χ0v) is 14.7. The highest BCUT2D eigenvalue weighted by atomic mass is 19.4. The molecule has 142 valence electrons. The fourth-order valence-electron chi connectivity index (χ4n) is 3.10. The average Bonchev–Trinajstić information content (AvgIpc) is 2.96. The van der Waals surface area contributed by atoms with Crippen LogP contribution in [0.25, 0.3) is 10.9 Å². The number of carbonyl (C=O) groups excluding carboxylic acids is 1. The van der Waals surface area contributed by atoms with Gasteiger partial charge in [-0.2, -0.15) is 13.2 Å². The smallest absolute Gasteiger partial charge is 0.359 e. The minimum Gasteiger partial charge on any atom is -0.359 e. The van der Waals surface area contributed by atoms with Crippen molar-refractivity contribution in [3.8, 4) is 0 Å². The van der Waals surface area contributed by atoms with Gasteiger partial charge >= 0.3 is 6.18 Å². The molecule has 0 bridgehead atoms. The van der Waals surface area contributed by atoms with E-state index in [1.807, 2.05) is 18.2 Å². The number of aromatic nitrogens is 1. The highest BCUT2D eigenvalue weighted by Crippen LogP contribution is 2.29. The molecular formula is C20H20F3N3O. The van der Waals surface area contributed by atoms with Crippen LogP contribution in [0.2, 0.25) is 0 Å². The molecule has 0 spiro atoms. The van der Waals surface area contributed by atoms with Crippen LogP contribution in [-0.4, -0.2) is 16.9 Å². The SMILES string of the molecule is CC(=O)Nc1c[nH]c2ccc(CC(N)Cc3ccc(C(F)(F)F)cc3)cc12. The molecule has 27 heavy (non-hydrogen) atoms. The normalized spacial score (nSPS) is 12.9. The van der Waals surface area contributed by atoms with Crippen LogP contribution >= 0.6 is 0 Å². The van der Waals surface area contributed by atoms with Crippen molar-refractivity contribution in [1.29, 1.82) is 0 Å². The lowest BCUT2D eigenvalue weighted by Crippen LogP contribution is -2.25. The Balaban J connectivity index is 1.70. The lowest BCUT2D eigenvalue weighted by Gasteiger charge is -2.13. The fourth-order valence-corrected chi connectivity index (χ4v) is 3.10. The molecule has 4 nitrogen and oxygen atoms in total. The zero-order valence-electron chi connectivity index (χ0n) is 14.7. The number of rotatable bonds is 5. The first-order valence-corrected chi connectivity index (χ1v) is 8.51. The summed E-state index contributed by atoms with van der Waals surface area (Å²) in [5.74, 6) is -0.152. The second-order valence-corrected chi connectivity index (χ2v) is 6.63. The Morgan fingerprint density at radius 1 is 1.11 bits per heavy atom. The van der Waals surface area contributed by atoms with E-state index in [1.54, 1.807) is 6.20 Å². The van der Waals surface area contributed by atoms with Crippen molar-refractivity contribution in [2.45, 2.75) is 32.0 Å². The van der Waals surface area contributed by atoms with E-state index < -0.39 is 11.7 Å². The minimum atomic E-state index is -4.34. The number of nitrogens with two attached hydrogens (primary N) is 1. The molecule has 0 saturated carbocycles. The standard InChI is InChI=1S/C20H20F3N3O/c1-12(27)26-19-11-25-18-7-4-14(10-17(18)19)9-16(24)8-13-2-5-15(6-3-13)20(21,22)23/h2-7,10-11,16,25H,8-9,24H2,1H3,(H,26,27). The fraction of sp³-hybridized carbons (Fsp3) is 0.250. The topological polar surface area (TPSA) is 70.9 Å². The summed E-state index contributed by atoms with van der Waals surface area (Å²) in [7, 11) is 0. The number of fused-ring (bicyclic) bond motifs is 1. The highest BCUT2D eigenvalue weighted by Gasteiger charge is 2.29. The van der Waals surface area contributed by atoms with Gasteiger partial charge in [0.05, 0.1) is 11.3 Å². The number of anilines is 1. The Bertz CT molecular complexity index is 945. The van der Waals surface area contributed by atoms with E-state index in [0.717, 1.165) is 34.2 Å². The second kappa shape index (κ2) is 7.44. The van der Waals surface area contributed by atoms with Crippen LogP contribution < -0.4 is 11.1 Å². The van der Waals surface area contributed by atoms with E-state index in [9.17, 15) is 18.0 Å². The third-order valence-corrected chi connectivity index (χ3v) is 4.33. The largest absolute Gasteiger partial charge is 0.416 e. The molecule has 3 rings (SSSR count). The molecule has 0 saturated heterocycles. The molecule has 0 aliphatic carbocycles. The molecule has 1 heterocycles. The van der Waals surface area contributed by atoms with E-state index in [1.165, 1.54) is 19.1 Å². The lowest BCUT2D eigenvalue weighted by atomic mass is 9.98. The van der Waals surface area contributed by atoms with Crippen molar-refractivity contribution < 1.29 is 18.0 Å². The van der Waals surface area contributed by atoms with Crippen LogP contribution in [0.3, 0.4) is 0 Å². The number of carbonyl (C=O) groups is 1. The summed E-state index contributed by atoms with van der Waals surface area (Å²) in [5.41, 5.74) is 8.90. The van der Waals surface area contributed by atoms with E-state index in [0.29, 0.717) is 18.5 Å². The highest BCUT2D eigenvalue weighted by molar-refractivity contribution is 6.01. The van der Waals surface area contributed by atoms with Crippen LogP contribution in [0.15, 0.2) is 48.7 Å². The predicted molar refractivity (Wildman–Crippen MR) is 99.4 cm³/mol. The second-order valence-electron chi connectivity index (χ2n) is 6.63. The van der Waals surface area contributed by atoms with Crippen LogP contribution in [-0.2, 0) is 23.8 Å². The number of hydrogen-bond acceptors (Lipinski definition) is 2. The van der Waals surface area contributed by atoms with Crippen molar-refractivity contribution in [2.24, 2.45) is 5.73 Å². The van der Waals surface area contributed by atoms with Crippen molar-refractivity contribution in [2.75, 3.05) is 5.32 Å². The average molecular weight is 375 g/mol. The Labute approximate surface area is 154 Å². The minimum absolute atomic E-state index is 0.152. The maximum atomic E-state index is 12.6. The third-order valence-electron chi connectivity index (χ3n) is 4.33. The lowest BCUT2D eigenvalue weighted by molar-refractivity contribution is -0.137. The van der Waals surface area contributed by atoms with E-state index >= 15 is 0 Å². The number of H-pyrrole nitrogens is 1. The number of nitrogens with one attached hydrogen (secondary N) is 2. The number of alkyl halides is 3. The first-order chi connectivity index (χ1) is 12.7. The molecule has 4 N–H and O–H groups in total. The van der Waals surface area contributed by atoms with Crippen LogP contribution in [0, 0.1) is 0 Å². The molecule has 2 aromatic carbocycles. The summed E-state index contributed by atoms with van der Waals surface area (Å²) in [6, 6.07) is 10.7. The summed E-state index contributed by atoms with van der Waals surface area (Å²) in [4.78, 5) is 14.4. The molecule has 7 heteroatoms. The van der Waals surface area contributed by atoms with Gasteiger partial charge in [0, 0.05) is 30.1 Å². The van der Waals surface area contributed by atoms with Gasteiger partial charge in [-0.1, -0.05) is 18.2 Å². The number of hydrogen-bond donors (Lipinski definition) is 3. The molecular weight excluding hydrogens is 355 g/mol. The summed E-state index contributed by atoms with van der Waals surface area (Å²) >= 11 is 0. The quantitative estimate of drug-likeness (QED) is 0.624. The number of benzene rings is 2. The van der Waals surface area contributed by atoms with E-state index in [4.69, 9.17) is 5.73 Å². The molecule has 1 amide bonds. The Kier molecular flexibility index (Phi) is 5.23. The Hall–Kier alpha value is -2.80. The molecule has 1 unspecified atom stereocenters. The first-order valence-electron chi connectivity index (χ1n) is 8.51. The summed E-state index contributed by atoms with van der Waals surface area (Å²) in [6.07, 6.45) is -1.56. The zero-order chi connectivity index (χ0) is 19.6. The molecule has 0 aliphatic heterocycles. The molecule has 1 aromatic heterocycles. The van der Waals surface area contributed by atoms with Gasteiger partial charge in [-0.05, 0) is 48.2 Å². The number of amides is 1.